The number of anilines is 1. The summed E-state index contributed by atoms with van der Waals surface area (Å²) in [6.07, 6.45) is 5.12. The molecule has 2 aliphatic rings. The highest BCUT2D eigenvalue weighted by Crippen LogP contribution is 2.35. The molecule has 1 aromatic carbocycles. The number of hydrogen-bond donors (Lipinski definition) is 2. The number of nitrogens with one attached hydrogen (secondary N) is 2. The van der Waals surface area contributed by atoms with E-state index < -0.39 is 10.2 Å². The molecule has 1 aliphatic heterocycles. The zero-order valence-electron chi connectivity index (χ0n) is 22.5. The van der Waals surface area contributed by atoms with Crippen molar-refractivity contribution in [2.45, 2.75) is 51.9 Å². The monoisotopic (exact) mass is 601 g/mol. The van der Waals surface area contributed by atoms with Crippen LogP contribution >= 0.6 is 24.8 Å². The van der Waals surface area contributed by atoms with Crippen LogP contribution in [0.4, 0.5) is 5.69 Å². The molecule has 1 saturated carbocycles. The third-order valence-electron chi connectivity index (χ3n) is 7.17. The third-order valence-corrected chi connectivity index (χ3v) is 8.71. The van der Waals surface area contributed by atoms with Crippen LogP contribution in [-0.2, 0) is 10.2 Å². The van der Waals surface area contributed by atoms with Gasteiger partial charge in [-0.3, -0.25) is 9.52 Å². The third kappa shape index (κ3) is 6.51. The first-order chi connectivity index (χ1) is 17.8. The molecule has 0 atom stereocenters. The highest BCUT2D eigenvalue weighted by Gasteiger charge is 2.27. The maximum absolute atomic E-state index is 13.2. The second-order valence-corrected chi connectivity index (χ2v) is 11.6. The number of rotatable bonds is 8. The Kier molecular flexibility index (Phi) is 10.3. The average Bonchev–Trinajstić information content (AvgIpc) is 3.51. The first-order valence-corrected chi connectivity index (χ1v) is 14.4. The van der Waals surface area contributed by atoms with Crippen molar-refractivity contribution in [2.24, 2.45) is 0 Å². The highest BCUT2D eigenvalue weighted by atomic mass is 35.5. The van der Waals surface area contributed by atoms with Gasteiger partial charge in [0.05, 0.1) is 23.6 Å². The quantitative estimate of drug-likeness (QED) is 0.404. The summed E-state index contributed by atoms with van der Waals surface area (Å²) in [6.45, 7) is 6.51. The highest BCUT2D eigenvalue weighted by molar-refractivity contribution is 7.90. The number of piperazine rings is 1. The minimum Gasteiger partial charge on any atom is -0.493 e. The first-order valence-electron chi connectivity index (χ1n) is 13.0. The summed E-state index contributed by atoms with van der Waals surface area (Å²) in [5, 5.41) is 4.80. The Bertz CT molecular complexity index is 1450. The number of likely N-dealkylation sites (N-methyl/N-ethyl adjacent to an activating group) is 1. The molecule has 216 valence electrons. The van der Waals surface area contributed by atoms with Gasteiger partial charge >= 0.3 is 10.2 Å². The van der Waals surface area contributed by atoms with Gasteiger partial charge in [-0.25, -0.2) is 9.50 Å². The lowest BCUT2D eigenvalue weighted by molar-refractivity contribution is 0.223. The fourth-order valence-electron chi connectivity index (χ4n) is 5.12. The zero-order valence-corrected chi connectivity index (χ0v) is 24.9. The van der Waals surface area contributed by atoms with E-state index in [0.717, 1.165) is 37.9 Å². The van der Waals surface area contributed by atoms with Crippen molar-refractivity contribution in [2.75, 3.05) is 44.6 Å². The van der Waals surface area contributed by atoms with Gasteiger partial charge in [0.2, 0.25) is 0 Å². The summed E-state index contributed by atoms with van der Waals surface area (Å²) in [7, 11) is -1.76. The average molecular weight is 603 g/mol. The van der Waals surface area contributed by atoms with E-state index in [1.165, 1.54) is 4.31 Å². The Morgan fingerprint density at radius 1 is 1.13 bits per heavy atom. The Balaban J connectivity index is 0.00000210. The second kappa shape index (κ2) is 12.9. The summed E-state index contributed by atoms with van der Waals surface area (Å²) in [4.78, 5) is 22.9. The molecule has 0 spiro atoms. The maximum Gasteiger partial charge on any atom is 0.301 e. The fraction of sp³-hybridized carbons (Fsp3) is 0.560. The van der Waals surface area contributed by atoms with Crippen LogP contribution < -0.4 is 15.0 Å². The molecule has 0 unspecified atom stereocenters. The van der Waals surface area contributed by atoms with E-state index >= 15 is 0 Å². The summed E-state index contributed by atoms with van der Waals surface area (Å²) >= 11 is 0. The summed E-state index contributed by atoms with van der Waals surface area (Å²) in [5.74, 6) is 1.90. The second-order valence-electron chi connectivity index (χ2n) is 9.97. The van der Waals surface area contributed by atoms with Crippen molar-refractivity contribution in [1.29, 1.82) is 0 Å². The topological polar surface area (TPSA) is 125 Å². The summed E-state index contributed by atoms with van der Waals surface area (Å²) < 4.78 is 37.9. The minimum absolute atomic E-state index is 0. The number of nitrogens with zero attached hydrogens (tertiary/aromatic N) is 5. The molecule has 0 bridgehead atoms. The molecule has 2 aromatic heterocycles. The fourth-order valence-corrected chi connectivity index (χ4v) is 6.32. The van der Waals surface area contributed by atoms with E-state index in [0.29, 0.717) is 66.8 Å². The van der Waals surface area contributed by atoms with E-state index in [2.05, 4.69) is 14.6 Å². The number of imidazole rings is 1. The van der Waals surface area contributed by atoms with Crippen LogP contribution in [-0.4, -0.2) is 77.0 Å². The van der Waals surface area contributed by atoms with Gasteiger partial charge in [0.1, 0.15) is 11.6 Å². The lowest BCUT2D eigenvalue weighted by atomic mass is 10.1. The smallest absolute Gasteiger partial charge is 0.301 e. The molecule has 2 fully saturated rings. The molecule has 3 aromatic rings. The largest absolute Gasteiger partial charge is 0.493 e. The molecule has 2 N–H and O–H groups in total. The molecular formula is C25H37Cl2N7O4S. The molecule has 14 heteroatoms. The molecule has 39 heavy (non-hydrogen) atoms. The number of fused-ring (bicyclic) bond motifs is 1. The predicted octanol–water partition coefficient (Wildman–Crippen LogP) is 3.59. The summed E-state index contributed by atoms with van der Waals surface area (Å²) in [6, 6.07) is 5.06. The van der Waals surface area contributed by atoms with E-state index in [-0.39, 0.29) is 36.3 Å². The number of aromatic nitrogens is 4. The molecule has 0 amide bonds. The van der Waals surface area contributed by atoms with Gasteiger partial charge in [0, 0.05) is 32.1 Å². The lowest BCUT2D eigenvalue weighted by Gasteiger charge is -2.31. The summed E-state index contributed by atoms with van der Waals surface area (Å²) in [5.41, 5.74) is 1.68. The molecular weight excluding hydrogens is 565 g/mol. The van der Waals surface area contributed by atoms with E-state index in [4.69, 9.17) is 14.8 Å². The van der Waals surface area contributed by atoms with Crippen molar-refractivity contribution >= 4 is 46.2 Å². The molecule has 0 radical (unpaired) electrons. The van der Waals surface area contributed by atoms with Crippen molar-refractivity contribution in [1.82, 2.24) is 28.8 Å². The Hall–Kier alpha value is -2.38. The van der Waals surface area contributed by atoms with Crippen molar-refractivity contribution < 1.29 is 13.2 Å². The van der Waals surface area contributed by atoms with Gasteiger partial charge in [0.25, 0.3) is 5.56 Å². The van der Waals surface area contributed by atoms with E-state index in [9.17, 15) is 13.2 Å². The van der Waals surface area contributed by atoms with Gasteiger partial charge in [-0.15, -0.1) is 29.9 Å². The predicted molar refractivity (Wildman–Crippen MR) is 157 cm³/mol. The number of hydrogen-bond acceptors (Lipinski definition) is 7. The first kappa shape index (κ1) is 31.2. The molecule has 1 aliphatic carbocycles. The van der Waals surface area contributed by atoms with Crippen molar-refractivity contribution in [3.05, 3.63) is 40.1 Å². The van der Waals surface area contributed by atoms with Gasteiger partial charge in [-0.1, -0.05) is 19.8 Å². The van der Waals surface area contributed by atoms with Gasteiger partial charge < -0.3 is 14.6 Å². The Labute approximate surface area is 241 Å². The van der Waals surface area contributed by atoms with Gasteiger partial charge in [-0.05, 0) is 51.4 Å². The molecule has 3 heterocycles. The number of benzene rings is 1. The Morgan fingerprint density at radius 2 is 1.82 bits per heavy atom. The standard InChI is InChI=1S/C25H35N7O4S.2ClH/c1-4-15-36-21-10-9-19(29-37(34,35)31-13-11-30(3)12-14-31)16-20(21)23-27-25(33)22-17(2)26-24(32(22)28-23)18-7-5-6-8-18;;/h9-10,16,18,29H,4-8,11-15H2,1-3H3,(H,27,28,33);2*1H. The van der Waals surface area contributed by atoms with Crippen LogP contribution in [0.15, 0.2) is 23.0 Å². The Morgan fingerprint density at radius 3 is 2.49 bits per heavy atom. The van der Waals surface area contributed by atoms with E-state index in [1.54, 1.807) is 22.7 Å². The van der Waals surface area contributed by atoms with Gasteiger partial charge in [-0.2, -0.15) is 12.7 Å². The number of ether oxygens (including phenoxy) is 1. The molecule has 1 saturated heterocycles. The number of halogens is 2. The molecule has 11 nitrogen and oxygen atoms in total. The maximum atomic E-state index is 13.2. The van der Waals surface area contributed by atoms with Crippen LogP contribution in [0.2, 0.25) is 0 Å². The van der Waals surface area contributed by atoms with E-state index in [1.807, 2.05) is 20.9 Å². The van der Waals surface area contributed by atoms with Crippen molar-refractivity contribution in [3.8, 4) is 17.1 Å². The number of aryl methyl sites for hydroxylation is 1. The lowest BCUT2D eigenvalue weighted by Crippen LogP contribution is -2.48. The van der Waals surface area contributed by atoms with Gasteiger partial charge in [0.15, 0.2) is 11.3 Å². The van der Waals surface area contributed by atoms with Crippen LogP contribution in [0.5, 0.6) is 5.75 Å². The SMILES string of the molecule is CCCOc1ccc(NS(=O)(=O)N2CCN(C)CC2)cc1-c1nn2c(C3CCCC3)nc(C)c2c(=O)[nH]1.Cl.Cl. The van der Waals surface area contributed by atoms with Crippen LogP contribution in [0, 0.1) is 6.92 Å². The normalized spacial score (nSPS) is 17.1. The number of aromatic amines is 1. The minimum atomic E-state index is -3.74. The van der Waals surface area contributed by atoms with Crippen molar-refractivity contribution in [3.63, 3.8) is 0 Å². The zero-order chi connectivity index (χ0) is 26.2. The van der Waals surface area contributed by atoms with Crippen LogP contribution in [0.1, 0.15) is 56.5 Å². The number of H-pyrrole nitrogens is 1. The van der Waals surface area contributed by atoms with Crippen LogP contribution in [0.25, 0.3) is 16.9 Å². The van der Waals surface area contributed by atoms with Crippen LogP contribution in [0.3, 0.4) is 0 Å². The molecule has 5 rings (SSSR count).